The number of esters is 1. The number of nitrogens with one attached hydrogen (secondary N) is 1. The number of carbonyl (C=O) groups excluding carboxylic acids is 2. The van der Waals surface area contributed by atoms with Crippen LogP contribution in [-0.4, -0.2) is 44.8 Å². The van der Waals surface area contributed by atoms with E-state index < -0.39 is 12.0 Å². The Bertz CT molecular complexity index is 568. The van der Waals surface area contributed by atoms with Crippen LogP contribution in [0.1, 0.15) is 11.6 Å². The van der Waals surface area contributed by atoms with Crippen LogP contribution >= 0.6 is 0 Å². The lowest BCUT2D eigenvalue weighted by Crippen LogP contribution is -2.47. The molecule has 1 N–H and O–H groups in total. The lowest BCUT2D eigenvalue weighted by atomic mass is 9.94. The van der Waals surface area contributed by atoms with Gasteiger partial charge in [0.1, 0.15) is 0 Å². The van der Waals surface area contributed by atoms with Gasteiger partial charge in [-0.1, -0.05) is 30.3 Å². The largest absolute Gasteiger partial charge is 0.466 e. The van der Waals surface area contributed by atoms with E-state index in [1.54, 1.807) is 7.05 Å². The molecule has 1 aliphatic heterocycles. The topological polar surface area (TPSA) is 67.9 Å². The Hall–Kier alpha value is -2.34. The number of benzene rings is 1. The van der Waals surface area contributed by atoms with E-state index in [9.17, 15) is 9.59 Å². The van der Waals surface area contributed by atoms with Gasteiger partial charge < -0.3 is 19.7 Å². The van der Waals surface area contributed by atoms with Crippen molar-refractivity contribution < 1.29 is 19.1 Å². The van der Waals surface area contributed by atoms with Crippen LogP contribution in [0.3, 0.4) is 0 Å². The molecule has 0 radical (unpaired) electrons. The molecule has 6 heteroatoms. The number of nitrogens with zero attached hydrogens (tertiary/aromatic N) is 1. The fraction of sp³-hybridized carbons (Fsp3) is 0.333. The van der Waals surface area contributed by atoms with Crippen molar-refractivity contribution in [2.24, 2.45) is 0 Å². The predicted molar refractivity (Wildman–Crippen MR) is 76.4 cm³/mol. The molecule has 21 heavy (non-hydrogen) atoms. The molecule has 0 spiro atoms. The van der Waals surface area contributed by atoms with Crippen molar-refractivity contribution in [1.29, 1.82) is 0 Å². The highest BCUT2D eigenvalue weighted by Gasteiger charge is 2.37. The average molecular weight is 290 g/mol. The first-order valence-electron chi connectivity index (χ1n) is 6.49. The second-order valence-electron chi connectivity index (χ2n) is 4.67. The quantitative estimate of drug-likeness (QED) is 0.852. The van der Waals surface area contributed by atoms with Crippen LogP contribution in [0.5, 0.6) is 0 Å². The molecule has 0 saturated heterocycles. The first-order valence-corrected chi connectivity index (χ1v) is 6.49. The van der Waals surface area contributed by atoms with Gasteiger partial charge in [-0.25, -0.2) is 9.59 Å². The zero-order valence-corrected chi connectivity index (χ0v) is 12.3. The number of amides is 2. The molecule has 0 bridgehead atoms. The number of likely N-dealkylation sites (N-methyl/N-ethyl adjacent to an activating group) is 1. The predicted octanol–water partition coefficient (Wildman–Crippen LogP) is 1.46. The summed E-state index contributed by atoms with van der Waals surface area (Å²) in [5.41, 5.74) is 1.65. The molecule has 1 aliphatic rings. The Morgan fingerprint density at radius 2 is 1.95 bits per heavy atom. The van der Waals surface area contributed by atoms with Crippen molar-refractivity contribution in [2.45, 2.75) is 6.04 Å². The van der Waals surface area contributed by atoms with Gasteiger partial charge in [0.25, 0.3) is 0 Å². The van der Waals surface area contributed by atoms with Gasteiger partial charge in [0.2, 0.25) is 0 Å². The van der Waals surface area contributed by atoms with Gasteiger partial charge in [0.15, 0.2) is 0 Å². The molecule has 1 aromatic rings. The van der Waals surface area contributed by atoms with E-state index in [1.807, 2.05) is 30.3 Å². The normalized spacial score (nSPS) is 18.5. The third kappa shape index (κ3) is 2.90. The van der Waals surface area contributed by atoms with Gasteiger partial charge in [0, 0.05) is 14.2 Å². The van der Waals surface area contributed by atoms with Crippen molar-refractivity contribution in [3.8, 4) is 0 Å². The fourth-order valence-electron chi connectivity index (χ4n) is 2.39. The molecule has 6 nitrogen and oxygen atoms in total. The fourth-order valence-corrected chi connectivity index (χ4v) is 2.39. The maximum absolute atomic E-state index is 12.2. The second-order valence-corrected chi connectivity index (χ2v) is 4.67. The molecule has 2 rings (SSSR count). The molecule has 0 aromatic heterocycles. The van der Waals surface area contributed by atoms with Crippen molar-refractivity contribution >= 4 is 12.0 Å². The van der Waals surface area contributed by atoms with Crippen LogP contribution in [-0.2, 0) is 14.3 Å². The summed E-state index contributed by atoms with van der Waals surface area (Å²) in [4.78, 5) is 25.7. The molecule has 1 heterocycles. The number of hydrogen-bond acceptors (Lipinski definition) is 4. The van der Waals surface area contributed by atoms with Crippen LogP contribution in [0, 0.1) is 0 Å². The lowest BCUT2D eigenvalue weighted by Gasteiger charge is -2.35. The monoisotopic (exact) mass is 290 g/mol. The molecule has 1 unspecified atom stereocenters. The minimum absolute atomic E-state index is 0.132. The Balaban J connectivity index is 2.57. The lowest BCUT2D eigenvalue weighted by molar-refractivity contribution is -0.137. The van der Waals surface area contributed by atoms with E-state index in [-0.39, 0.29) is 12.6 Å². The molecule has 2 amide bonds. The molecular weight excluding hydrogens is 272 g/mol. The Labute approximate surface area is 123 Å². The maximum atomic E-state index is 12.2. The SMILES string of the molecule is COCC1=C(C(=O)OC)C(c2ccccc2)N(C)C(=O)N1. The standard InChI is InChI=1S/C15H18N2O4/c1-17-13(10-7-5-4-6-8-10)12(14(18)21-3)11(9-20-2)16-15(17)19/h4-8,13H,9H2,1-3H3,(H,16,19). The summed E-state index contributed by atoms with van der Waals surface area (Å²) in [6, 6.07) is 8.55. The molecule has 1 aromatic carbocycles. The minimum Gasteiger partial charge on any atom is -0.466 e. The summed E-state index contributed by atoms with van der Waals surface area (Å²) in [5, 5.41) is 2.67. The van der Waals surface area contributed by atoms with E-state index in [4.69, 9.17) is 9.47 Å². The molecule has 1 atom stereocenters. The highest BCUT2D eigenvalue weighted by atomic mass is 16.5. The smallest absolute Gasteiger partial charge is 0.338 e. The maximum Gasteiger partial charge on any atom is 0.338 e. The van der Waals surface area contributed by atoms with Crippen molar-refractivity contribution in [1.82, 2.24) is 10.2 Å². The van der Waals surface area contributed by atoms with Gasteiger partial charge in [-0.05, 0) is 5.56 Å². The number of methoxy groups -OCH3 is 2. The van der Waals surface area contributed by atoms with Crippen LogP contribution in [0.2, 0.25) is 0 Å². The number of urea groups is 1. The first kappa shape index (κ1) is 15.1. The summed E-state index contributed by atoms with van der Waals surface area (Å²) in [6.45, 7) is 0.132. The molecule has 0 fully saturated rings. The summed E-state index contributed by atoms with van der Waals surface area (Å²) in [7, 11) is 4.46. The van der Waals surface area contributed by atoms with Gasteiger partial charge in [-0.15, -0.1) is 0 Å². The van der Waals surface area contributed by atoms with E-state index in [1.165, 1.54) is 19.1 Å². The van der Waals surface area contributed by atoms with Crippen molar-refractivity contribution in [2.75, 3.05) is 27.9 Å². The summed E-state index contributed by atoms with van der Waals surface area (Å²) < 4.78 is 9.95. The minimum atomic E-state index is -0.502. The Morgan fingerprint density at radius 1 is 1.29 bits per heavy atom. The highest BCUT2D eigenvalue weighted by Crippen LogP contribution is 2.33. The second kappa shape index (κ2) is 6.41. The average Bonchev–Trinajstić information content (AvgIpc) is 2.50. The summed E-state index contributed by atoms with van der Waals surface area (Å²) in [5.74, 6) is -0.484. The van der Waals surface area contributed by atoms with Crippen molar-refractivity contribution in [3.63, 3.8) is 0 Å². The molecule has 112 valence electrons. The number of ether oxygens (including phenoxy) is 2. The van der Waals surface area contributed by atoms with Crippen LogP contribution in [0.25, 0.3) is 0 Å². The summed E-state index contributed by atoms with van der Waals surface area (Å²) >= 11 is 0. The Kier molecular flexibility index (Phi) is 4.59. The molecule has 0 saturated carbocycles. The van der Waals surface area contributed by atoms with Crippen LogP contribution in [0.15, 0.2) is 41.6 Å². The Morgan fingerprint density at radius 3 is 2.52 bits per heavy atom. The van der Waals surface area contributed by atoms with Gasteiger partial charge >= 0.3 is 12.0 Å². The number of hydrogen-bond donors (Lipinski definition) is 1. The number of rotatable bonds is 4. The van der Waals surface area contributed by atoms with Gasteiger partial charge in [0.05, 0.1) is 31.0 Å². The molecular formula is C15H18N2O4. The van der Waals surface area contributed by atoms with E-state index in [0.717, 1.165) is 5.56 Å². The highest BCUT2D eigenvalue weighted by molar-refractivity contribution is 5.95. The summed E-state index contributed by atoms with van der Waals surface area (Å²) in [6.07, 6.45) is 0. The number of carbonyl (C=O) groups is 2. The van der Waals surface area contributed by atoms with Gasteiger partial charge in [-0.3, -0.25) is 0 Å². The molecule has 0 aliphatic carbocycles. The van der Waals surface area contributed by atoms with Crippen LogP contribution in [0.4, 0.5) is 4.79 Å². The van der Waals surface area contributed by atoms with Crippen LogP contribution < -0.4 is 5.32 Å². The van der Waals surface area contributed by atoms with Crippen molar-refractivity contribution in [3.05, 3.63) is 47.2 Å². The third-order valence-electron chi connectivity index (χ3n) is 3.37. The zero-order valence-electron chi connectivity index (χ0n) is 12.3. The van der Waals surface area contributed by atoms with E-state index >= 15 is 0 Å². The first-order chi connectivity index (χ1) is 10.1. The van der Waals surface area contributed by atoms with E-state index in [0.29, 0.717) is 11.3 Å². The third-order valence-corrected chi connectivity index (χ3v) is 3.37. The zero-order chi connectivity index (χ0) is 15.4. The van der Waals surface area contributed by atoms with Gasteiger partial charge in [-0.2, -0.15) is 0 Å². The van der Waals surface area contributed by atoms with E-state index in [2.05, 4.69) is 5.32 Å².